The summed E-state index contributed by atoms with van der Waals surface area (Å²) in [5, 5.41) is 25.4. The van der Waals surface area contributed by atoms with Crippen LogP contribution in [0, 0.1) is 0 Å². The second-order valence-corrected chi connectivity index (χ2v) is 14.1. The minimum absolute atomic E-state index is 0.267. The second kappa shape index (κ2) is 15.4. The van der Waals surface area contributed by atoms with Gasteiger partial charge in [0.15, 0.2) is 58.8 Å². The van der Waals surface area contributed by atoms with Crippen molar-refractivity contribution in [1.82, 2.24) is 39.0 Å². The summed E-state index contributed by atoms with van der Waals surface area (Å²) in [4.78, 5) is 25.5. The highest BCUT2D eigenvalue weighted by Gasteiger charge is 2.49. The number of halogens is 2. The zero-order valence-electron chi connectivity index (χ0n) is 24.5. The van der Waals surface area contributed by atoms with Crippen LogP contribution in [0.25, 0.3) is 22.3 Å². The van der Waals surface area contributed by atoms with Crippen LogP contribution in [-0.4, -0.2) is 112 Å². The summed E-state index contributed by atoms with van der Waals surface area (Å²) < 4.78 is 77.6. The van der Waals surface area contributed by atoms with Gasteiger partial charge in [0.25, 0.3) is 0 Å². The number of nitrogens with zero attached hydrogens (tertiary/aromatic N) is 8. The first-order valence-electron chi connectivity index (χ1n) is 14.3. The predicted molar refractivity (Wildman–Crippen MR) is 174 cm³/mol. The molecule has 0 radical (unpaired) electrons. The largest absolute Gasteiger partial charge is 0.394 e. The third-order valence-electron chi connectivity index (χ3n) is 7.57. The monoisotopic (exact) mass is 750 g/mol. The third kappa shape index (κ3) is 7.09. The fourth-order valence-corrected chi connectivity index (χ4v) is 7.22. The fourth-order valence-electron chi connectivity index (χ4n) is 5.46. The second-order valence-electron chi connectivity index (χ2n) is 10.4. The number of imidazole rings is 2. The van der Waals surface area contributed by atoms with Crippen LogP contribution >= 0.6 is 39.0 Å². The Morgan fingerprint density at radius 3 is 1.56 bits per heavy atom. The summed E-state index contributed by atoms with van der Waals surface area (Å²) in [5.74, 6) is 0.746. The van der Waals surface area contributed by atoms with E-state index in [9.17, 15) is 19.3 Å². The van der Waals surface area contributed by atoms with Crippen LogP contribution in [0.2, 0.25) is 0 Å². The first kappa shape index (κ1) is 35.1. The highest BCUT2D eigenvalue weighted by Crippen LogP contribution is 2.42. The molecule has 18 nitrogen and oxygen atoms in total. The zero-order chi connectivity index (χ0) is 33.9. The van der Waals surface area contributed by atoms with Gasteiger partial charge in [0.05, 0.1) is 25.9 Å². The molecule has 4 N–H and O–H groups in total. The van der Waals surface area contributed by atoms with E-state index in [-0.39, 0.29) is 11.3 Å². The average Bonchev–Trinajstić information content (AvgIpc) is 3.83. The van der Waals surface area contributed by atoms with Crippen molar-refractivity contribution in [2.45, 2.75) is 49.2 Å². The number of aliphatic hydroxyl groups is 2. The molecule has 2 saturated heterocycles. The van der Waals surface area contributed by atoms with Gasteiger partial charge in [0.1, 0.15) is 37.1 Å². The normalized spacial score (nSPS) is 28.9. The average molecular weight is 751 g/mol. The Hall–Kier alpha value is -2.78. The van der Waals surface area contributed by atoms with E-state index in [1.807, 2.05) is 12.2 Å². The van der Waals surface area contributed by atoms with E-state index < -0.39 is 76.9 Å². The third-order valence-corrected chi connectivity index (χ3v) is 9.15. The van der Waals surface area contributed by atoms with Gasteiger partial charge in [-0.25, -0.2) is 38.7 Å². The molecular weight excluding hydrogens is 720 g/mol. The molecule has 4 aromatic heterocycles. The first-order valence-corrected chi connectivity index (χ1v) is 19.5. The van der Waals surface area contributed by atoms with E-state index in [1.165, 1.54) is 34.4 Å². The quantitative estimate of drug-likeness (QED) is 0.0615. The lowest BCUT2D eigenvalue weighted by Gasteiger charge is -2.16. The number of aliphatic hydroxyl groups excluding tert-OH is 2. The fraction of sp³-hybridized carbons (Fsp3) is 0.500. The number of hydrogen-bond acceptors (Lipinski definition) is 16. The van der Waals surface area contributed by atoms with Gasteiger partial charge < -0.3 is 39.4 Å². The smallest absolute Gasteiger partial charge is 0.243 e. The summed E-state index contributed by atoms with van der Waals surface area (Å²) in [5.41, 5.74) is 1.22. The molecular formula is C24H30F2N10O8P2S2. The molecule has 10 atom stereocenters. The molecule has 24 heteroatoms. The lowest BCUT2D eigenvalue weighted by molar-refractivity contribution is -0.0427. The van der Waals surface area contributed by atoms with Gasteiger partial charge in [-0.05, 0) is 0 Å². The van der Waals surface area contributed by atoms with Crippen molar-refractivity contribution in [3.8, 4) is 0 Å². The Balaban J connectivity index is 1.07. The Bertz CT molecular complexity index is 1700. The standard InChI is InChI=1S/C24H30F2N10O8P2S2/c25-13-17(43-45(39)47)11(5-37)41-23(13)35-9-33-15-19(29-7-31-21(15)35)27-3-1-2-4-28-20-16-22(32-8-30-20)36(10-34-16)24-14(26)18(44-46(40)48)12(6-38)42-24/h1-2,7-14,17-18,23-24,37-38,45-46H,3-6H2,(H,39,47)(H,40,48)(H,27,29,31)(H,28,30,32)/b2-1-/t11-,12?,13-,14-,17?,18-,23-,24?/m1/s1. The van der Waals surface area contributed by atoms with Gasteiger partial charge in [-0.1, -0.05) is 36.6 Å². The topological polar surface area (TPSA) is 223 Å². The van der Waals surface area contributed by atoms with Crippen molar-refractivity contribution in [2.24, 2.45) is 0 Å². The molecule has 48 heavy (non-hydrogen) atoms. The maximum Gasteiger partial charge on any atom is 0.243 e. The predicted octanol–water partition coefficient (Wildman–Crippen LogP) is 1.91. The Morgan fingerprint density at radius 2 is 1.19 bits per heavy atom. The van der Waals surface area contributed by atoms with Gasteiger partial charge in [0.2, 0.25) is 14.5 Å². The molecule has 0 spiro atoms. The summed E-state index contributed by atoms with van der Waals surface area (Å²) >= 11 is 7.42. The molecule has 0 amide bonds. The van der Waals surface area contributed by atoms with Crippen molar-refractivity contribution in [3.63, 3.8) is 0 Å². The molecule has 5 unspecified atom stereocenters. The van der Waals surface area contributed by atoms with Crippen LogP contribution in [0.1, 0.15) is 12.5 Å². The van der Waals surface area contributed by atoms with Gasteiger partial charge in [-0.2, -0.15) is 0 Å². The molecule has 0 bridgehead atoms. The number of nitrogens with one attached hydrogen (secondary N) is 2. The van der Waals surface area contributed by atoms with Crippen LogP contribution in [0.5, 0.6) is 0 Å². The van der Waals surface area contributed by atoms with E-state index in [1.54, 1.807) is 0 Å². The van der Waals surface area contributed by atoms with E-state index in [4.69, 9.17) is 18.5 Å². The number of anilines is 2. The van der Waals surface area contributed by atoms with E-state index >= 15 is 8.78 Å². The van der Waals surface area contributed by atoms with Crippen molar-refractivity contribution < 1.29 is 46.6 Å². The minimum atomic E-state index is -2.79. The number of fused-ring (bicyclic) bond motifs is 2. The highest BCUT2D eigenvalue weighted by atomic mass is 32.7. The number of thiol groups is 2. The molecule has 2 aliphatic rings. The lowest BCUT2D eigenvalue weighted by atomic mass is 10.1. The van der Waals surface area contributed by atoms with Crippen LogP contribution < -0.4 is 10.6 Å². The van der Waals surface area contributed by atoms with Crippen molar-refractivity contribution in [1.29, 1.82) is 0 Å². The van der Waals surface area contributed by atoms with Crippen molar-refractivity contribution in [2.75, 3.05) is 36.9 Å². The van der Waals surface area contributed by atoms with Gasteiger partial charge in [0, 0.05) is 13.1 Å². The number of aromatic nitrogens is 8. The van der Waals surface area contributed by atoms with Crippen LogP contribution in [0.4, 0.5) is 20.4 Å². The maximum atomic E-state index is 15.2. The van der Waals surface area contributed by atoms with E-state index in [0.717, 1.165) is 0 Å². The summed E-state index contributed by atoms with van der Waals surface area (Å²) in [7, 11) is -5.58. The first-order chi connectivity index (χ1) is 23.2. The Labute approximate surface area is 281 Å². The Morgan fingerprint density at radius 1 is 0.771 bits per heavy atom. The molecule has 2 aliphatic heterocycles. The van der Waals surface area contributed by atoms with Crippen LogP contribution in [0.15, 0.2) is 37.5 Å². The lowest BCUT2D eigenvalue weighted by Crippen LogP contribution is -2.31. The molecule has 0 aliphatic carbocycles. The molecule has 0 saturated carbocycles. The maximum absolute atomic E-state index is 15.2. The number of hydrogen-bond donors (Lipinski definition) is 6. The van der Waals surface area contributed by atoms with Gasteiger partial charge in [-0.3, -0.25) is 18.3 Å². The number of rotatable bonds is 14. The zero-order valence-corrected chi connectivity index (χ0v) is 28.3. The molecule has 6 heterocycles. The van der Waals surface area contributed by atoms with Gasteiger partial charge in [-0.15, -0.1) is 0 Å². The summed E-state index contributed by atoms with van der Waals surface area (Å²) in [6.45, 7) is -0.455. The van der Waals surface area contributed by atoms with E-state index in [2.05, 4.69) is 65.0 Å². The number of ether oxygens (including phenoxy) is 2. The Kier molecular flexibility index (Phi) is 11.3. The van der Waals surface area contributed by atoms with Gasteiger partial charge >= 0.3 is 0 Å². The summed E-state index contributed by atoms with van der Waals surface area (Å²) in [6.07, 6.45) is -1.86. The van der Waals surface area contributed by atoms with Crippen LogP contribution in [0.3, 0.4) is 0 Å². The molecule has 4 aromatic rings. The van der Waals surface area contributed by atoms with Crippen molar-refractivity contribution >= 4 is 72.9 Å². The van der Waals surface area contributed by atoms with E-state index in [0.29, 0.717) is 35.8 Å². The molecule has 2 fully saturated rings. The highest BCUT2D eigenvalue weighted by molar-refractivity contribution is 8.39. The SMILES string of the molecule is O=[PH](S)OC1[C@@H](F)[C@H](n2cnc3c(NC/C=C\CNc4ncnc5c4ncn5C4OC(CO)[C@@H](O[PH](=O)S)[C@H]4F)ncnc32)O[C@@H]1CO. The minimum Gasteiger partial charge on any atom is -0.394 e. The summed E-state index contributed by atoms with van der Waals surface area (Å²) in [6, 6.07) is 0. The molecule has 6 rings (SSSR count). The molecule has 0 aromatic carbocycles. The van der Waals surface area contributed by atoms with Crippen molar-refractivity contribution in [3.05, 3.63) is 37.5 Å². The number of alkyl halides is 2. The van der Waals surface area contributed by atoms with Crippen LogP contribution in [-0.2, 0) is 27.7 Å². The molecule has 260 valence electrons.